The summed E-state index contributed by atoms with van der Waals surface area (Å²) in [6, 6.07) is 26.1. The number of phenols is 1. The molecule has 5 nitrogen and oxygen atoms in total. The van der Waals surface area contributed by atoms with E-state index in [1.165, 1.54) is 0 Å². The lowest BCUT2D eigenvalue weighted by Gasteiger charge is -2.22. The van der Waals surface area contributed by atoms with Gasteiger partial charge in [-0.15, -0.1) is 0 Å². The fourth-order valence-electron chi connectivity index (χ4n) is 4.91. The van der Waals surface area contributed by atoms with Gasteiger partial charge in [0, 0.05) is 10.8 Å². The second-order valence-electron chi connectivity index (χ2n) is 10.4. The Hall–Kier alpha value is -4.09. The van der Waals surface area contributed by atoms with Crippen LogP contribution >= 0.6 is 11.6 Å². The summed E-state index contributed by atoms with van der Waals surface area (Å²) in [6.45, 7) is 8.39. The van der Waals surface area contributed by atoms with Gasteiger partial charge in [-0.25, -0.2) is 0 Å². The Bertz CT molecular complexity index is 1730. The molecule has 0 unspecified atom stereocenters. The highest BCUT2D eigenvalue weighted by atomic mass is 35.5. The van der Waals surface area contributed by atoms with Crippen LogP contribution in [0.1, 0.15) is 31.9 Å². The van der Waals surface area contributed by atoms with Crippen LogP contribution in [0.4, 0.5) is 0 Å². The van der Waals surface area contributed by atoms with Crippen LogP contribution in [0, 0.1) is 6.92 Å². The number of benzene rings is 4. The molecular formula is C31H26ClN3O2. The van der Waals surface area contributed by atoms with Crippen molar-refractivity contribution >= 4 is 33.4 Å². The fourth-order valence-corrected chi connectivity index (χ4v) is 5.21. The van der Waals surface area contributed by atoms with Crippen molar-refractivity contribution in [3.05, 3.63) is 95.0 Å². The first-order chi connectivity index (χ1) is 17.7. The van der Waals surface area contributed by atoms with Crippen molar-refractivity contribution in [1.82, 2.24) is 14.7 Å². The Morgan fingerprint density at radius 2 is 1.51 bits per heavy atom. The van der Waals surface area contributed by atoms with E-state index >= 15 is 0 Å². The van der Waals surface area contributed by atoms with Gasteiger partial charge in [-0.2, -0.15) is 4.98 Å². The quantitative estimate of drug-likeness (QED) is 0.261. The van der Waals surface area contributed by atoms with E-state index in [0.717, 1.165) is 32.9 Å². The number of aromatic hydroxyl groups is 1. The van der Waals surface area contributed by atoms with Gasteiger partial charge in [-0.1, -0.05) is 86.1 Å². The summed E-state index contributed by atoms with van der Waals surface area (Å²) < 4.78 is 7.76. The highest BCUT2D eigenvalue weighted by Gasteiger charge is 2.25. The number of fused-ring (bicyclic) bond motifs is 3. The number of hydrogen-bond acceptors (Lipinski definition) is 4. The molecule has 2 aromatic heterocycles. The molecule has 0 aliphatic rings. The Kier molecular flexibility index (Phi) is 5.35. The van der Waals surface area contributed by atoms with Crippen molar-refractivity contribution in [3.8, 4) is 34.3 Å². The van der Waals surface area contributed by atoms with Crippen LogP contribution in [0.3, 0.4) is 0 Å². The Morgan fingerprint density at radius 3 is 2.14 bits per heavy atom. The van der Waals surface area contributed by atoms with Gasteiger partial charge >= 0.3 is 0 Å². The van der Waals surface area contributed by atoms with E-state index in [0.29, 0.717) is 33.6 Å². The maximum absolute atomic E-state index is 11.7. The molecule has 0 radical (unpaired) electrons. The van der Waals surface area contributed by atoms with Crippen molar-refractivity contribution in [1.29, 1.82) is 0 Å². The standard InChI is InChI=1S/C31H26ClN3O2/c1-18-10-9-13-23(32)27(18)30-33-29(34-37-30)22-16-19(31(2,3)4)17-26(28(22)36)35-24-14-7-5-11-20(24)21-12-6-8-15-25(21)35/h5-17,36H,1-4H3. The van der Waals surface area contributed by atoms with Crippen LogP contribution in [-0.2, 0) is 5.41 Å². The maximum Gasteiger partial charge on any atom is 0.260 e. The predicted molar refractivity (Wildman–Crippen MR) is 150 cm³/mol. The van der Waals surface area contributed by atoms with Gasteiger partial charge in [0.25, 0.3) is 5.89 Å². The number of rotatable bonds is 3. The number of phenolic OH excluding ortho intramolecular Hbond substituents is 1. The number of aryl methyl sites for hydroxylation is 1. The van der Waals surface area contributed by atoms with Gasteiger partial charge in [0.2, 0.25) is 5.82 Å². The van der Waals surface area contributed by atoms with Crippen molar-refractivity contribution in [2.45, 2.75) is 33.1 Å². The molecule has 0 bridgehead atoms. The van der Waals surface area contributed by atoms with Gasteiger partial charge < -0.3 is 14.2 Å². The maximum atomic E-state index is 11.7. The molecule has 37 heavy (non-hydrogen) atoms. The van der Waals surface area contributed by atoms with Crippen molar-refractivity contribution in [2.24, 2.45) is 0 Å². The Labute approximate surface area is 219 Å². The number of halogens is 1. The topological polar surface area (TPSA) is 64.1 Å². The number of aromatic nitrogens is 3. The van der Waals surface area contributed by atoms with E-state index in [9.17, 15) is 5.11 Å². The third-order valence-electron chi connectivity index (χ3n) is 6.88. The molecule has 1 N–H and O–H groups in total. The highest BCUT2D eigenvalue weighted by Crippen LogP contribution is 2.42. The van der Waals surface area contributed by atoms with Crippen LogP contribution in [0.5, 0.6) is 5.75 Å². The van der Waals surface area contributed by atoms with Crippen molar-refractivity contribution < 1.29 is 9.63 Å². The minimum atomic E-state index is -0.193. The second kappa shape index (κ2) is 8.49. The molecule has 4 aromatic carbocycles. The zero-order valence-corrected chi connectivity index (χ0v) is 21.8. The van der Waals surface area contributed by atoms with Crippen molar-refractivity contribution in [3.63, 3.8) is 0 Å². The minimum absolute atomic E-state index is 0.0859. The summed E-state index contributed by atoms with van der Waals surface area (Å²) in [5.74, 6) is 0.708. The van der Waals surface area contributed by atoms with Crippen LogP contribution in [-0.4, -0.2) is 19.8 Å². The van der Waals surface area contributed by atoms with Crippen LogP contribution in [0.15, 0.2) is 83.4 Å². The van der Waals surface area contributed by atoms with Gasteiger partial charge in [-0.3, -0.25) is 0 Å². The molecule has 6 rings (SSSR count). The predicted octanol–water partition coefficient (Wildman–Crippen LogP) is 8.47. The second-order valence-corrected chi connectivity index (χ2v) is 10.8. The van der Waals surface area contributed by atoms with E-state index in [1.54, 1.807) is 6.07 Å². The Morgan fingerprint density at radius 1 is 0.865 bits per heavy atom. The van der Waals surface area contributed by atoms with Crippen molar-refractivity contribution in [2.75, 3.05) is 0 Å². The lowest BCUT2D eigenvalue weighted by Crippen LogP contribution is -2.12. The first-order valence-corrected chi connectivity index (χ1v) is 12.6. The molecule has 0 atom stereocenters. The average Bonchev–Trinajstić information content (AvgIpc) is 3.47. The molecule has 0 fully saturated rings. The van der Waals surface area contributed by atoms with Gasteiger partial charge in [0.1, 0.15) is 0 Å². The summed E-state index contributed by atoms with van der Waals surface area (Å²) in [6.07, 6.45) is 0. The summed E-state index contributed by atoms with van der Waals surface area (Å²) in [4.78, 5) is 4.67. The molecule has 0 aliphatic heterocycles. The van der Waals surface area contributed by atoms with E-state index < -0.39 is 0 Å². The van der Waals surface area contributed by atoms with E-state index in [1.807, 2.05) is 49.4 Å². The normalized spacial score (nSPS) is 12.0. The zero-order chi connectivity index (χ0) is 25.9. The molecule has 6 heteroatoms. The van der Waals surface area contributed by atoms with Crippen LogP contribution in [0.2, 0.25) is 5.02 Å². The van der Waals surface area contributed by atoms with Crippen LogP contribution < -0.4 is 0 Å². The van der Waals surface area contributed by atoms with Crippen LogP contribution in [0.25, 0.3) is 50.3 Å². The summed E-state index contributed by atoms with van der Waals surface area (Å²) in [5.41, 5.74) is 5.66. The highest BCUT2D eigenvalue weighted by molar-refractivity contribution is 6.33. The number of hydrogen-bond donors (Lipinski definition) is 1. The molecule has 0 amide bonds. The smallest absolute Gasteiger partial charge is 0.260 e. The van der Waals surface area contributed by atoms with Gasteiger partial charge in [0.05, 0.1) is 32.9 Å². The fraction of sp³-hybridized carbons (Fsp3) is 0.161. The van der Waals surface area contributed by atoms with Gasteiger partial charge in [0.15, 0.2) is 5.75 Å². The third kappa shape index (κ3) is 3.78. The van der Waals surface area contributed by atoms with E-state index in [4.69, 9.17) is 16.1 Å². The zero-order valence-electron chi connectivity index (χ0n) is 21.1. The molecular weight excluding hydrogens is 482 g/mol. The lowest BCUT2D eigenvalue weighted by atomic mass is 9.85. The van der Waals surface area contributed by atoms with E-state index in [-0.39, 0.29) is 11.2 Å². The molecule has 0 saturated heterocycles. The molecule has 184 valence electrons. The summed E-state index contributed by atoms with van der Waals surface area (Å²) >= 11 is 6.46. The molecule has 0 aliphatic carbocycles. The Balaban J connectivity index is 1.63. The van der Waals surface area contributed by atoms with E-state index in [2.05, 4.69) is 65.8 Å². The monoisotopic (exact) mass is 507 g/mol. The number of para-hydroxylation sites is 2. The third-order valence-corrected chi connectivity index (χ3v) is 7.19. The SMILES string of the molecule is Cc1cccc(Cl)c1-c1nc(-c2cc(C(C)(C)C)cc(-n3c4ccccc4c4ccccc43)c2O)no1. The first-order valence-electron chi connectivity index (χ1n) is 12.2. The average molecular weight is 508 g/mol. The molecule has 2 heterocycles. The number of nitrogens with zero attached hydrogens (tertiary/aromatic N) is 3. The largest absolute Gasteiger partial charge is 0.505 e. The lowest BCUT2D eigenvalue weighted by molar-refractivity contribution is 0.430. The van der Waals surface area contributed by atoms with Gasteiger partial charge in [-0.05, 0) is 53.8 Å². The summed E-state index contributed by atoms with van der Waals surface area (Å²) in [7, 11) is 0. The molecule has 6 aromatic rings. The molecule has 0 saturated carbocycles. The molecule has 0 spiro atoms. The summed E-state index contributed by atoms with van der Waals surface area (Å²) in [5, 5.41) is 18.8. The first kappa shape index (κ1) is 23.3. The minimum Gasteiger partial charge on any atom is -0.505 e.